The number of nitrogens with one attached hydrogen (secondary N) is 1. The van der Waals surface area contributed by atoms with Crippen LogP contribution in [-0.2, 0) is 4.79 Å². The van der Waals surface area contributed by atoms with Crippen LogP contribution < -0.4 is 10.1 Å². The summed E-state index contributed by atoms with van der Waals surface area (Å²) in [7, 11) is 4.86. The van der Waals surface area contributed by atoms with E-state index < -0.39 is 12.3 Å². The van der Waals surface area contributed by atoms with Gasteiger partial charge in [-0.15, -0.1) is 0 Å². The average molecular weight is 343 g/mol. The number of hydrogen-bond donors (Lipinski definition) is 2. The van der Waals surface area contributed by atoms with Gasteiger partial charge < -0.3 is 25.0 Å². The quantitative estimate of drug-likeness (QED) is 0.806. The van der Waals surface area contributed by atoms with Gasteiger partial charge in [0.1, 0.15) is 12.0 Å². The molecule has 0 fully saturated rings. The molecule has 2 aliphatic heterocycles. The molecule has 3 rings (SSSR count). The minimum absolute atomic E-state index is 0.136. The Kier molecular flexibility index (Phi) is 4.50. The summed E-state index contributed by atoms with van der Waals surface area (Å²) in [5.41, 5.74) is 1.73. The number of amides is 2. The molecule has 0 bridgehead atoms. The average Bonchev–Trinajstić information content (AvgIpc) is 2.99. The Balaban J connectivity index is 1.92. The van der Waals surface area contributed by atoms with Gasteiger partial charge in [0.2, 0.25) is 5.91 Å². The van der Waals surface area contributed by atoms with Gasteiger partial charge in [0.25, 0.3) is 5.91 Å². The zero-order chi connectivity index (χ0) is 18.1. The molecule has 0 radical (unpaired) electrons. The Bertz CT molecular complexity index is 770. The maximum atomic E-state index is 12.9. The SMILES string of the molecule is COc1cccc2c1NC(O)C1CC(C=CC(=O)N(C)C)=CN1C2=O. The second kappa shape index (κ2) is 6.60. The van der Waals surface area contributed by atoms with Gasteiger partial charge in [0.05, 0.1) is 24.4 Å². The molecule has 7 heteroatoms. The summed E-state index contributed by atoms with van der Waals surface area (Å²) in [5, 5.41) is 13.5. The van der Waals surface area contributed by atoms with E-state index in [9.17, 15) is 14.7 Å². The van der Waals surface area contributed by atoms with Crippen molar-refractivity contribution in [2.75, 3.05) is 26.5 Å². The number of aliphatic hydroxyl groups is 1. The van der Waals surface area contributed by atoms with Crippen molar-refractivity contribution in [2.24, 2.45) is 0 Å². The topological polar surface area (TPSA) is 82.1 Å². The van der Waals surface area contributed by atoms with Crippen molar-refractivity contribution in [2.45, 2.75) is 18.7 Å². The summed E-state index contributed by atoms with van der Waals surface area (Å²) in [4.78, 5) is 27.6. The molecule has 0 saturated carbocycles. The number of nitrogens with zero attached hydrogens (tertiary/aromatic N) is 2. The molecule has 0 saturated heterocycles. The van der Waals surface area contributed by atoms with Crippen LogP contribution in [0.25, 0.3) is 0 Å². The van der Waals surface area contributed by atoms with Crippen molar-refractivity contribution in [1.29, 1.82) is 0 Å². The molecule has 2 atom stereocenters. The summed E-state index contributed by atoms with van der Waals surface area (Å²) in [5.74, 6) is 0.153. The fourth-order valence-corrected chi connectivity index (χ4v) is 2.99. The fraction of sp³-hybridized carbons (Fsp3) is 0.333. The summed E-state index contributed by atoms with van der Waals surface area (Å²) >= 11 is 0. The molecule has 0 aliphatic carbocycles. The standard InChI is InChI=1S/C18H21N3O4/c1-20(2)15(22)8-7-11-9-13-17(23)19-16-12(18(24)21(13)10-11)5-4-6-14(16)25-3/h4-8,10,13,17,19,23H,9H2,1-3H3. The number of likely N-dealkylation sites (N-methyl/N-ethyl adjacent to an activating group) is 1. The number of fused-ring (bicyclic) bond motifs is 2. The second-order valence-corrected chi connectivity index (χ2v) is 6.23. The number of benzene rings is 1. The summed E-state index contributed by atoms with van der Waals surface area (Å²) in [6.45, 7) is 0. The molecule has 0 aromatic heterocycles. The van der Waals surface area contributed by atoms with Crippen LogP contribution in [0.4, 0.5) is 5.69 Å². The van der Waals surface area contributed by atoms with Gasteiger partial charge in [0.15, 0.2) is 0 Å². The maximum absolute atomic E-state index is 12.9. The zero-order valence-corrected chi connectivity index (χ0v) is 14.4. The van der Waals surface area contributed by atoms with Gasteiger partial charge >= 0.3 is 0 Å². The van der Waals surface area contributed by atoms with Crippen molar-refractivity contribution in [3.8, 4) is 5.75 Å². The molecule has 2 amide bonds. The van der Waals surface area contributed by atoms with E-state index in [0.29, 0.717) is 23.4 Å². The fourth-order valence-electron chi connectivity index (χ4n) is 2.99. The monoisotopic (exact) mass is 343 g/mol. The summed E-state index contributed by atoms with van der Waals surface area (Å²) in [6.07, 6.45) is 4.33. The smallest absolute Gasteiger partial charge is 0.260 e. The van der Waals surface area contributed by atoms with Gasteiger partial charge in [-0.05, 0) is 24.1 Å². The van der Waals surface area contributed by atoms with Crippen LogP contribution in [0.5, 0.6) is 5.75 Å². The van der Waals surface area contributed by atoms with Crippen LogP contribution >= 0.6 is 0 Å². The molecule has 2 aliphatic rings. The number of carbonyl (C=O) groups excluding carboxylic acids is 2. The van der Waals surface area contributed by atoms with E-state index in [1.54, 1.807) is 44.6 Å². The van der Waals surface area contributed by atoms with E-state index in [1.165, 1.54) is 23.0 Å². The van der Waals surface area contributed by atoms with Crippen molar-refractivity contribution < 1.29 is 19.4 Å². The lowest BCUT2D eigenvalue weighted by atomic mass is 10.1. The Morgan fingerprint density at radius 1 is 1.44 bits per heavy atom. The molecule has 2 unspecified atom stereocenters. The number of carbonyl (C=O) groups is 2. The molecular formula is C18H21N3O4. The zero-order valence-electron chi connectivity index (χ0n) is 14.4. The Labute approximate surface area is 146 Å². The lowest BCUT2D eigenvalue weighted by molar-refractivity contribution is -0.123. The first-order chi connectivity index (χ1) is 11.9. The number of hydrogen-bond acceptors (Lipinski definition) is 5. The largest absolute Gasteiger partial charge is 0.495 e. The van der Waals surface area contributed by atoms with Crippen LogP contribution in [0.3, 0.4) is 0 Å². The molecule has 7 nitrogen and oxygen atoms in total. The number of rotatable bonds is 3. The molecule has 0 spiro atoms. The molecule has 1 aromatic rings. The van der Waals surface area contributed by atoms with Crippen LogP contribution in [0, 0.1) is 0 Å². The Morgan fingerprint density at radius 2 is 2.20 bits per heavy atom. The van der Waals surface area contributed by atoms with E-state index >= 15 is 0 Å². The number of aliphatic hydroxyl groups excluding tert-OH is 1. The first-order valence-electron chi connectivity index (χ1n) is 7.96. The van der Waals surface area contributed by atoms with Gasteiger partial charge in [-0.3, -0.25) is 9.59 Å². The van der Waals surface area contributed by atoms with Gasteiger partial charge in [-0.25, -0.2) is 0 Å². The van der Waals surface area contributed by atoms with Crippen LogP contribution in [0.2, 0.25) is 0 Å². The first kappa shape index (κ1) is 17.0. The maximum Gasteiger partial charge on any atom is 0.260 e. The molecule has 1 aromatic carbocycles. The number of ether oxygens (including phenoxy) is 1. The molecule has 132 valence electrons. The van der Waals surface area contributed by atoms with Crippen LogP contribution in [0.15, 0.2) is 42.1 Å². The predicted molar refractivity (Wildman–Crippen MR) is 93.1 cm³/mol. The molecule has 2 N–H and O–H groups in total. The van der Waals surface area contributed by atoms with E-state index in [2.05, 4.69) is 5.32 Å². The van der Waals surface area contributed by atoms with Crippen LogP contribution in [0.1, 0.15) is 16.8 Å². The number of anilines is 1. The summed E-state index contributed by atoms with van der Waals surface area (Å²) < 4.78 is 5.28. The Morgan fingerprint density at radius 3 is 2.88 bits per heavy atom. The highest BCUT2D eigenvalue weighted by atomic mass is 16.5. The van der Waals surface area contributed by atoms with Gasteiger partial charge in [0, 0.05) is 26.4 Å². The van der Waals surface area contributed by atoms with Crippen molar-refractivity contribution >= 4 is 17.5 Å². The van der Waals surface area contributed by atoms with E-state index in [1.807, 2.05) is 0 Å². The highest BCUT2D eigenvalue weighted by Gasteiger charge is 2.39. The highest BCUT2D eigenvalue weighted by Crippen LogP contribution is 2.37. The second-order valence-electron chi connectivity index (χ2n) is 6.23. The van der Waals surface area contributed by atoms with Crippen molar-refractivity contribution in [3.63, 3.8) is 0 Å². The normalized spacial score (nSPS) is 22.0. The van der Waals surface area contributed by atoms with E-state index in [0.717, 1.165) is 5.57 Å². The first-order valence-corrected chi connectivity index (χ1v) is 7.96. The lowest BCUT2D eigenvalue weighted by Crippen LogP contribution is -2.42. The highest BCUT2D eigenvalue weighted by molar-refractivity contribution is 6.02. The third-order valence-electron chi connectivity index (χ3n) is 4.36. The summed E-state index contributed by atoms with van der Waals surface area (Å²) in [6, 6.07) is 4.72. The third kappa shape index (κ3) is 3.10. The molecular weight excluding hydrogens is 322 g/mol. The molecule has 2 heterocycles. The van der Waals surface area contributed by atoms with Crippen LogP contribution in [-0.4, -0.2) is 60.2 Å². The van der Waals surface area contributed by atoms with Crippen molar-refractivity contribution in [1.82, 2.24) is 9.80 Å². The van der Waals surface area contributed by atoms with Gasteiger partial charge in [-0.2, -0.15) is 0 Å². The Hall–Kier alpha value is -2.80. The number of methoxy groups -OCH3 is 1. The predicted octanol–water partition coefficient (Wildman–Crippen LogP) is 1.18. The van der Waals surface area contributed by atoms with E-state index in [-0.39, 0.29) is 11.8 Å². The minimum Gasteiger partial charge on any atom is -0.495 e. The number of allylic oxidation sites excluding steroid dienone is 1. The van der Waals surface area contributed by atoms with Crippen molar-refractivity contribution in [3.05, 3.63) is 47.7 Å². The van der Waals surface area contributed by atoms with Gasteiger partial charge in [-0.1, -0.05) is 12.1 Å². The number of para-hydroxylation sites is 1. The minimum atomic E-state index is -0.951. The third-order valence-corrected chi connectivity index (χ3v) is 4.36. The van der Waals surface area contributed by atoms with E-state index in [4.69, 9.17) is 4.74 Å². The lowest BCUT2D eigenvalue weighted by Gasteiger charge is -2.24. The molecule has 25 heavy (non-hydrogen) atoms.